The number of hydrogen-bond donors (Lipinski definition) is 0. The van der Waals surface area contributed by atoms with Gasteiger partial charge in [0.25, 0.3) is 0 Å². The van der Waals surface area contributed by atoms with Gasteiger partial charge in [0.2, 0.25) is 11.8 Å². The number of carbonyl (C=O) groups excluding carboxylic acids is 2. The van der Waals surface area contributed by atoms with E-state index in [4.69, 9.17) is 0 Å². The molecule has 0 N–H and O–H groups in total. The fraction of sp³-hybridized carbons (Fsp3) is 0.846. The van der Waals surface area contributed by atoms with Crippen molar-refractivity contribution < 1.29 is 18.0 Å². The molecule has 2 atom stereocenters. The average Bonchev–Trinajstić information content (AvgIpc) is 2.39. The zero-order valence-corrected chi connectivity index (χ0v) is 12.9. The number of sulfone groups is 1. The van der Waals surface area contributed by atoms with Crippen LogP contribution in [0.3, 0.4) is 0 Å². The van der Waals surface area contributed by atoms with Gasteiger partial charge in [0.15, 0.2) is 0 Å². The minimum Gasteiger partial charge on any atom is -0.329 e. The number of fused-ring (bicyclic) bond motifs is 1. The van der Waals surface area contributed by atoms with Crippen molar-refractivity contribution in [3.8, 4) is 0 Å². The van der Waals surface area contributed by atoms with Crippen LogP contribution < -0.4 is 0 Å². The standard InChI is InChI=1S/C13H22N2O4S/c1-10-12(16)15-7-4-3-6-11(15)13(17)14(10)8-5-9-20(2,18)19/h10-11H,3-9H2,1-2H3. The van der Waals surface area contributed by atoms with Gasteiger partial charge in [-0.05, 0) is 32.6 Å². The highest BCUT2D eigenvalue weighted by molar-refractivity contribution is 7.90. The Balaban J connectivity index is 2.05. The molecule has 0 aromatic heterocycles. The van der Waals surface area contributed by atoms with Crippen molar-refractivity contribution in [3.05, 3.63) is 0 Å². The molecule has 0 spiro atoms. The van der Waals surface area contributed by atoms with E-state index in [0.717, 1.165) is 19.3 Å². The van der Waals surface area contributed by atoms with E-state index in [1.54, 1.807) is 16.7 Å². The van der Waals surface area contributed by atoms with Crippen molar-refractivity contribution >= 4 is 21.7 Å². The van der Waals surface area contributed by atoms with Crippen LogP contribution in [0.4, 0.5) is 0 Å². The van der Waals surface area contributed by atoms with E-state index in [-0.39, 0.29) is 23.6 Å². The minimum absolute atomic E-state index is 0.00587. The number of piperidine rings is 1. The molecule has 2 unspecified atom stereocenters. The Morgan fingerprint density at radius 1 is 1.20 bits per heavy atom. The molecule has 0 aromatic carbocycles. The van der Waals surface area contributed by atoms with Crippen molar-refractivity contribution in [3.63, 3.8) is 0 Å². The topological polar surface area (TPSA) is 74.8 Å². The molecule has 2 amide bonds. The number of piperazine rings is 1. The third-order valence-electron chi connectivity index (χ3n) is 4.09. The summed E-state index contributed by atoms with van der Waals surface area (Å²) in [7, 11) is -3.03. The molecule has 7 heteroatoms. The number of carbonyl (C=O) groups is 2. The zero-order valence-electron chi connectivity index (χ0n) is 12.0. The van der Waals surface area contributed by atoms with Gasteiger partial charge in [-0.25, -0.2) is 8.42 Å². The highest BCUT2D eigenvalue weighted by Gasteiger charge is 2.44. The van der Waals surface area contributed by atoms with E-state index in [2.05, 4.69) is 0 Å². The van der Waals surface area contributed by atoms with Gasteiger partial charge in [0.05, 0.1) is 5.75 Å². The van der Waals surface area contributed by atoms with Gasteiger partial charge in [-0.1, -0.05) is 0 Å². The SMILES string of the molecule is CC1C(=O)N2CCCCC2C(=O)N1CCCS(C)(=O)=O. The molecule has 0 bridgehead atoms. The second kappa shape index (κ2) is 5.71. The van der Waals surface area contributed by atoms with E-state index in [1.165, 1.54) is 6.26 Å². The minimum atomic E-state index is -3.03. The van der Waals surface area contributed by atoms with Crippen LogP contribution in [0, 0.1) is 0 Å². The van der Waals surface area contributed by atoms with Crippen molar-refractivity contribution in [2.45, 2.75) is 44.7 Å². The second-order valence-corrected chi connectivity index (χ2v) is 7.99. The first-order valence-corrected chi connectivity index (χ1v) is 9.16. The summed E-state index contributed by atoms with van der Waals surface area (Å²) >= 11 is 0. The third-order valence-corrected chi connectivity index (χ3v) is 5.12. The van der Waals surface area contributed by atoms with Crippen molar-refractivity contribution in [2.75, 3.05) is 25.1 Å². The van der Waals surface area contributed by atoms with Crippen LogP contribution in [-0.2, 0) is 19.4 Å². The van der Waals surface area contributed by atoms with E-state index >= 15 is 0 Å². The monoisotopic (exact) mass is 302 g/mol. The van der Waals surface area contributed by atoms with Gasteiger partial charge in [-0.2, -0.15) is 0 Å². The molecule has 2 saturated heterocycles. The molecular formula is C13H22N2O4S. The zero-order chi connectivity index (χ0) is 14.9. The molecule has 114 valence electrons. The van der Waals surface area contributed by atoms with E-state index in [0.29, 0.717) is 19.5 Å². The molecule has 20 heavy (non-hydrogen) atoms. The smallest absolute Gasteiger partial charge is 0.246 e. The molecule has 0 aliphatic carbocycles. The Morgan fingerprint density at radius 3 is 2.55 bits per heavy atom. The predicted octanol–water partition coefficient (Wildman–Crippen LogP) is 0.0329. The van der Waals surface area contributed by atoms with Crippen LogP contribution in [0.2, 0.25) is 0 Å². The molecule has 2 fully saturated rings. The summed E-state index contributed by atoms with van der Waals surface area (Å²) in [6.45, 7) is 2.73. The quantitative estimate of drug-likeness (QED) is 0.734. The second-order valence-electron chi connectivity index (χ2n) is 5.73. The predicted molar refractivity (Wildman–Crippen MR) is 74.9 cm³/mol. The fourth-order valence-corrected chi connectivity index (χ4v) is 3.66. The Morgan fingerprint density at radius 2 is 1.90 bits per heavy atom. The van der Waals surface area contributed by atoms with Crippen LogP contribution in [0.5, 0.6) is 0 Å². The summed E-state index contributed by atoms with van der Waals surface area (Å²) in [5.41, 5.74) is 0. The van der Waals surface area contributed by atoms with Gasteiger partial charge in [-0.3, -0.25) is 9.59 Å². The van der Waals surface area contributed by atoms with Crippen molar-refractivity contribution in [1.29, 1.82) is 0 Å². The summed E-state index contributed by atoms with van der Waals surface area (Å²) in [6, 6.07) is -0.804. The Hall–Kier alpha value is -1.11. The number of hydrogen-bond acceptors (Lipinski definition) is 4. The van der Waals surface area contributed by atoms with E-state index < -0.39 is 15.9 Å². The third kappa shape index (κ3) is 3.13. The normalized spacial score (nSPS) is 27.7. The lowest BCUT2D eigenvalue weighted by molar-refractivity contribution is -0.162. The number of rotatable bonds is 4. The van der Waals surface area contributed by atoms with Crippen LogP contribution in [0.15, 0.2) is 0 Å². The van der Waals surface area contributed by atoms with Crippen LogP contribution >= 0.6 is 0 Å². The highest BCUT2D eigenvalue weighted by atomic mass is 32.2. The van der Waals surface area contributed by atoms with Crippen molar-refractivity contribution in [2.24, 2.45) is 0 Å². The van der Waals surface area contributed by atoms with E-state index in [9.17, 15) is 18.0 Å². The maximum absolute atomic E-state index is 12.5. The first kappa shape index (κ1) is 15.3. The average molecular weight is 302 g/mol. The number of amides is 2. The first-order chi connectivity index (χ1) is 9.31. The van der Waals surface area contributed by atoms with Gasteiger partial charge in [-0.15, -0.1) is 0 Å². The Kier molecular flexibility index (Phi) is 4.36. The Bertz CT molecular complexity index is 503. The van der Waals surface area contributed by atoms with Gasteiger partial charge < -0.3 is 9.80 Å². The summed E-state index contributed by atoms with van der Waals surface area (Å²) in [5, 5.41) is 0. The summed E-state index contributed by atoms with van der Waals surface area (Å²) in [6.07, 6.45) is 4.21. The summed E-state index contributed by atoms with van der Waals surface area (Å²) < 4.78 is 22.3. The van der Waals surface area contributed by atoms with E-state index in [1.807, 2.05) is 0 Å². The Labute approximate surface area is 120 Å². The molecule has 0 saturated carbocycles. The van der Waals surface area contributed by atoms with Gasteiger partial charge in [0.1, 0.15) is 21.9 Å². The summed E-state index contributed by atoms with van der Waals surface area (Å²) in [4.78, 5) is 28.0. The lowest BCUT2D eigenvalue weighted by Gasteiger charge is -2.46. The molecule has 0 aromatic rings. The lowest BCUT2D eigenvalue weighted by Crippen LogP contribution is -2.65. The van der Waals surface area contributed by atoms with Gasteiger partial charge >= 0.3 is 0 Å². The molecule has 2 rings (SSSR count). The van der Waals surface area contributed by atoms with Crippen molar-refractivity contribution in [1.82, 2.24) is 9.80 Å². The van der Waals surface area contributed by atoms with Crippen LogP contribution in [0.1, 0.15) is 32.6 Å². The van der Waals surface area contributed by atoms with Crippen LogP contribution in [-0.4, -0.2) is 67.2 Å². The molecule has 6 nitrogen and oxygen atoms in total. The fourth-order valence-electron chi connectivity index (χ4n) is 3.01. The molecule has 0 radical (unpaired) electrons. The van der Waals surface area contributed by atoms with Crippen LogP contribution in [0.25, 0.3) is 0 Å². The molecule has 2 heterocycles. The van der Waals surface area contributed by atoms with Gasteiger partial charge in [0, 0.05) is 19.3 Å². The maximum Gasteiger partial charge on any atom is 0.246 e. The number of nitrogens with zero attached hydrogens (tertiary/aromatic N) is 2. The molecule has 2 aliphatic heterocycles. The first-order valence-electron chi connectivity index (χ1n) is 7.10. The summed E-state index contributed by atoms with van der Waals surface area (Å²) in [5.74, 6) is 0.0189. The molecule has 2 aliphatic rings. The highest BCUT2D eigenvalue weighted by Crippen LogP contribution is 2.26. The maximum atomic E-state index is 12.5. The molecular weight excluding hydrogens is 280 g/mol. The lowest BCUT2D eigenvalue weighted by atomic mass is 9.95. The largest absolute Gasteiger partial charge is 0.329 e.